The van der Waals surface area contributed by atoms with E-state index in [1.165, 1.54) is 0 Å². The van der Waals surface area contributed by atoms with Crippen molar-refractivity contribution >= 4 is 16.6 Å². The molecule has 23 heavy (non-hydrogen) atoms. The molecule has 1 heterocycles. The first-order chi connectivity index (χ1) is 11.1. The topological polar surface area (TPSA) is 63.8 Å². The quantitative estimate of drug-likeness (QED) is 0.726. The molecule has 0 amide bonds. The Bertz CT molecular complexity index is 897. The predicted molar refractivity (Wildman–Crippen MR) is 90.6 cm³/mol. The van der Waals surface area contributed by atoms with Crippen LogP contribution in [0.3, 0.4) is 0 Å². The monoisotopic (exact) mass is 310 g/mol. The van der Waals surface area contributed by atoms with Gasteiger partial charge in [0.05, 0.1) is 19.2 Å². The normalized spacial score (nSPS) is 10.9. The van der Waals surface area contributed by atoms with Gasteiger partial charge in [0.25, 0.3) is 0 Å². The second kappa shape index (κ2) is 5.76. The minimum Gasteiger partial charge on any atom is -0.496 e. The van der Waals surface area contributed by atoms with Gasteiger partial charge in [-0.2, -0.15) is 0 Å². The summed E-state index contributed by atoms with van der Waals surface area (Å²) in [4.78, 5) is 11.2. The van der Waals surface area contributed by atoms with Crippen molar-refractivity contribution in [3.05, 3.63) is 58.0 Å². The average molecular weight is 310 g/mol. The van der Waals surface area contributed by atoms with Crippen LogP contribution < -0.4 is 4.74 Å². The first kappa shape index (κ1) is 15.1. The molecule has 0 unspecified atom stereocenters. The lowest BCUT2D eigenvalue weighted by Crippen LogP contribution is -2.02. The smallest absolute Gasteiger partial charge is 0.222 e. The van der Waals surface area contributed by atoms with E-state index in [1.807, 2.05) is 50.2 Å². The number of aryl methyl sites for hydroxylation is 2. The van der Waals surface area contributed by atoms with Crippen molar-refractivity contribution in [3.63, 3.8) is 0 Å². The Morgan fingerprint density at radius 1 is 1.17 bits per heavy atom. The van der Waals surface area contributed by atoms with Crippen molar-refractivity contribution < 1.29 is 9.84 Å². The lowest BCUT2D eigenvalue weighted by Gasteiger charge is -2.13. The van der Waals surface area contributed by atoms with Gasteiger partial charge in [-0.25, -0.2) is 0 Å². The molecule has 2 aromatic carbocycles. The number of fused-ring (bicyclic) bond motifs is 1. The largest absolute Gasteiger partial charge is 0.496 e. The van der Waals surface area contributed by atoms with Crippen LogP contribution in [-0.4, -0.2) is 16.8 Å². The van der Waals surface area contributed by atoms with Crippen molar-refractivity contribution in [1.29, 1.82) is 0 Å². The highest BCUT2D eigenvalue weighted by molar-refractivity contribution is 5.97. The van der Waals surface area contributed by atoms with E-state index in [9.17, 15) is 10.0 Å². The zero-order valence-corrected chi connectivity index (χ0v) is 13.3. The summed E-state index contributed by atoms with van der Waals surface area (Å²) >= 11 is 0. The highest BCUT2D eigenvalue weighted by atomic mass is 16.5. The van der Waals surface area contributed by atoms with Crippen LogP contribution in [0.15, 0.2) is 41.6 Å². The molecule has 0 radical (unpaired) electrons. The van der Waals surface area contributed by atoms with Gasteiger partial charge in [0, 0.05) is 10.9 Å². The Hall–Kier alpha value is -2.82. The number of nitroso groups, excluding NO2 is 1. The lowest BCUT2D eigenvalue weighted by molar-refractivity contribution is 0.403. The zero-order valence-electron chi connectivity index (χ0n) is 13.3. The van der Waals surface area contributed by atoms with Gasteiger partial charge in [0.15, 0.2) is 5.69 Å². The Kier molecular flexibility index (Phi) is 3.78. The van der Waals surface area contributed by atoms with Gasteiger partial charge in [0.2, 0.25) is 5.88 Å². The molecule has 0 atom stereocenters. The fourth-order valence-electron chi connectivity index (χ4n) is 2.94. The van der Waals surface area contributed by atoms with Crippen LogP contribution in [0.4, 0.5) is 5.69 Å². The molecule has 0 saturated heterocycles. The van der Waals surface area contributed by atoms with Crippen molar-refractivity contribution in [2.24, 2.45) is 5.18 Å². The number of methoxy groups -OCH3 is 1. The molecule has 0 fully saturated rings. The van der Waals surface area contributed by atoms with Crippen molar-refractivity contribution in [2.75, 3.05) is 7.11 Å². The number of hydrogen-bond acceptors (Lipinski definition) is 4. The third-order valence-corrected chi connectivity index (χ3v) is 4.31. The SMILES string of the molecule is COc1ccccc1Cn1c(O)c(N=O)c2ccc(C)c(C)c21. The van der Waals surface area contributed by atoms with Gasteiger partial charge in [0.1, 0.15) is 5.75 Å². The average Bonchev–Trinajstić information content (AvgIpc) is 2.83. The highest BCUT2D eigenvalue weighted by Gasteiger charge is 2.20. The third kappa shape index (κ3) is 2.34. The van der Waals surface area contributed by atoms with Gasteiger partial charge in [-0.1, -0.05) is 30.3 Å². The van der Waals surface area contributed by atoms with Gasteiger partial charge in [-0.3, -0.25) is 0 Å². The van der Waals surface area contributed by atoms with Gasteiger partial charge < -0.3 is 14.4 Å². The number of ether oxygens (including phenoxy) is 1. The van der Waals surface area contributed by atoms with E-state index in [1.54, 1.807) is 11.7 Å². The number of rotatable bonds is 4. The van der Waals surface area contributed by atoms with Crippen molar-refractivity contribution in [2.45, 2.75) is 20.4 Å². The maximum absolute atomic E-state index is 11.2. The predicted octanol–water partition coefficient (Wildman–Crippen LogP) is 4.42. The number of para-hydroxylation sites is 1. The van der Waals surface area contributed by atoms with E-state index in [-0.39, 0.29) is 11.6 Å². The summed E-state index contributed by atoms with van der Waals surface area (Å²) in [6.07, 6.45) is 0. The molecule has 3 rings (SSSR count). The molecule has 118 valence electrons. The Morgan fingerprint density at radius 3 is 2.61 bits per heavy atom. The Labute approximate surface area is 134 Å². The number of aromatic nitrogens is 1. The van der Waals surface area contributed by atoms with Gasteiger partial charge >= 0.3 is 0 Å². The summed E-state index contributed by atoms with van der Waals surface area (Å²) in [7, 11) is 1.61. The van der Waals surface area contributed by atoms with Crippen LogP contribution in [0.1, 0.15) is 16.7 Å². The lowest BCUT2D eigenvalue weighted by atomic mass is 10.1. The third-order valence-electron chi connectivity index (χ3n) is 4.31. The number of hydrogen-bond donors (Lipinski definition) is 1. The molecule has 5 heteroatoms. The molecule has 0 spiro atoms. The van der Waals surface area contributed by atoms with Crippen LogP contribution in [0, 0.1) is 18.8 Å². The van der Waals surface area contributed by atoms with Crippen LogP contribution in [0.2, 0.25) is 0 Å². The van der Waals surface area contributed by atoms with Gasteiger partial charge in [-0.15, -0.1) is 4.91 Å². The van der Waals surface area contributed by atoms with E-state index in [4.69, 9.17) is 4.74 Å². The minimum atomic E-state index is -0.116. The highest BCUT2D eigenvalue weighted by Crippen LogP contribution is 2.41. The number of nitrogens with zero attached hydrogens (tertiary/aromatic N) is 2. The van der Waals surface area contributed by atoms with Crippen LogP contribution in [-0.2, 0) is 6.54 Å². The van der Waals surface area contributed by atoms with E-state index in [0.717, 1.165) is 28.0 Å². The van der Waals surface area contributed by atoms with Crippen LogP contribution in [0.5, 0.6) is 11.6 Å². The maximum Gasteiger partial charge on any atom is 0.222 e. The molecule has 0 aliphatic heterocycles. The fourth-order valence-corrected chi connectivity index (χ4v) is 2.94. The van der Waals surface area contributed by atoms with Gasteiger partial charge in [-0.05, 0) is 36.2 Å². The van der Waals surface area contributed by atoms with Crippen LogP contribution >= 0.6 is 0 Å². The summed E-state index contributed by atoms with van der Waals surface area (Å²) in [5.74, 6) is 0.620. The minimum absolute atomic E-state index is 0.0815. The molecule has 3 aromatic rings. The Morgan fingerprint density at radius 2 is 1.91 bits per heavy atom. The molecule has 5 nitrogen and oxygen atoms in total. The van der Waals surface area contributed by atoms with Crippen LogP contribution in [0.25, 0.3) is 10.9 Å². The van der Waals surface area contributed by atoms with Crippen molar-refractivity contribution in [3.8, 4) is 11.6 Å². The molecule has 0 aliphatic carbocycles. The van der Waals surface area contributed by atoms with E-state index in [0.29, 0.717) is 11.9 Å². The second-order valence-corrected chi connectivity index (χ2v) is 5.57. The first-order valence-corrected chi connectivity index (χ1v) is 7.35. The molecular formula is C18H18N2O3. The first-order valence-electron chi connectivity index (χ1n) is 7.35. The molecule has 1 aromatic heterocycles. The second-order valence-electron chi connectivity index (χ2n) is 5.57. The molecule has 0 bridgehead atoms. The molecule has 1 N–H and O–H groups in total. The summed E-state index contributed by atoms with van der Waals surface area (Å²) in [5.41, 5.74) is 3.93. The number of benzene rings is 2. The summed E-state index contributed by atoms with van der Waals surface area (Å²) in [6, 6.07) is 11.4. The van der Waals surface area contributed by atoms with Crippen molar-refractivity contribution in [1.82, 2.24) is 4.57 Å². The molecular weight excluding hydrogens is 292 g/mol. The standard InChI is InChI=1S/C18H18N2O3/c1-11-8-9-14-16(19-22)18(21)20(17(14)12(11)2)10-13-6-4-5-7-15(13)23-3/h4-9,21H,10H2,1-3H3. The van der Waals surface area contributed by atoms with E-state index < -0.39 is 0 Å². The zero-order chi connectivity index (χ0) is 16.6. The summed E-state index contributed by atoms with van der Waals surface area (Å²) < 4.78 is 7.09. The van der Waals surface area contributed by atoms with E-state index in [2.05, 4.69) is 5.18 Å². The summed E-state index contributed by atoms with van der Waals surface area (Å²) in [5, 5.41) is 14.2. The van der Waals surface area contributed by atoms with E-state index >= 15 is 0 Å². The fraction of sp³-hybridized carbons (Fsp3) is 0.222. The Balaban J connectivity index is 2.26. The summed E-state index contributed by atoms with van der Waals surface area (Å²) in [6.45, 7) is 4.37. The number of aromatic hydroxyl groups is 1. The molecule has 0 aliphatic rings. The molecule has 0 saturated carbocycles. The maximum atomic E-state index is 11.2.